The Bertz CT molecular complexity index is 737. The van der Waals surface area contributed by atoms with Crippen LogP contribution in [0, 0.1) is 0 Å². The van der Waals surface area contributed by atoms with Gasteiger partial charge in [-0.2, -0.15) is 5.10 Å². The van der Waals surface area contributed by atoms with Gasteiger partial charge in [0.1, 0.15) is 0 Å². The van der Waals surface area contributed by atoms with Gasteiger partial charge in [-0.3, -0.25) is 4.68 Å². The SMILES string of the molecule is CC(C)c1nn(C)cc1NC(=O)N1CCCC(C)(c2ccccc2)C1. The van der Waals surface area contributed by atoms with Crippen LogP contribution in [0.2, 0.25) is 0 Å². The maximum atomic E-state index is 12.8. The Morgan fingerprint density at radius 2 is 2.00 bits per heavy atom. The first-order valence-electron chi connectivity index (χ1n) is 9.04. The van der Waals surface area contributed by atoms with Crippen molar-refractivity contribution in [1.82, 2.24) is 14.7 Å². The van der Waals surface area contributed by atoms with Crippen LogP contribution in [0.4, 0.5) is 10.5 Å². The molecule has 5 heteroatoms. The predicted molar refractivity (Wildman–Crippen MR) is 101 cm³/mol. The van der Waals surface area contributed by atoms with Gasteiger partial charge in [-0.05, 0) is 24.3 Å². The third-order valence-electron chi connectivity index (χ3n) is 5.10. The number of carbonyl (C=O) groups excluding carboxylic acids is 1. The minimum Gasteiger partial charge on any atom is -0.324 e. The minimum atomic E-state index is -0.0308. The zero-order valence-corrected chi connectivity index (χ0v) is 15.6. The van der Waals surface area contributed by atoms with Crippen LogP contribution in [0.3, 0.4) is 0 Å². The number of hydrogen-bond acceptors (Lipinski definition) is 2. The number of piperidine rings is 1. The lowest BCUT2D eigenvalue weighted by molar-refractivity contribution is 0.167. The van der Waals surface area contributed by atoms with Gasteiger partial charge in [-0.1, -0.05) is 51.1 Å². The number of amides is 2. The summed E-state index contributed by atoms with van der Waals surface area (Å²) < 4.78 is 1.76. The number of carbonyl (C=O) groups is 1. The maximum Gasteiger partial charge on any atom is 0.321 e. The largest absolute Gasteiger partial charge is 0.324 e. The fourth-order valence-electron chi connectivity index (χ4n) is 3.71. The Kier molecular flexibility index (Phi) is 4.84. The van der Waals surface area contributed by atoms with Crippen molar-refractivity contribution in [3.63, 3.8) is 0 Å². The zero-order chi connectivity index (χ0) is 18.0. The summed E-state index contributed by atoms with van der Waals surface area (Å²) in [6, 6.07) is 10.5. The van der Waals surface area contributed by atoms with Crippen molar-refractivity contribution in [2.24, 2.45) is 7.05 Å². The van der Waals surface area contributed by atoms with Gasteiger partial charge in [0.2, 0.25) is 0 Å². The van der Waals surface area contributed by atoms with Gasteiger partial charge in [-0.25, -0.2) is 4.79 Å². The average Bonchev–Trinajstić information content (AvgIpc) is 2.96. The molecule has 1 aromatic heterocycles. The van der Waals surface area contributed by atoms with Crippen molar-refractivity contribution in [2.75, 3.05) is 18.4 Å². The Morgan fingerprint density at radius 3 is 2.68 bits per heavy atom. The molecule has 3 rings (SSSR count). The van der Waals surface area contributed by atoms with E-state index < -0.39 is 0 Å². The first kappa shape index (κ1) is 17.5. The molecule has 134 valence electrons. The van der Waals surface area contributed by atoms with Crippen molar-refractivity contribution >= 4 is 11.7 Å². The van der Waals surface area contributed by atoms with E-state index in [1.54, 1.807) is 4.68 Å². The lowest BCUT2D eigenvalue weighted by Gasteiger charge is -2.40. The van der Waals surface area contributed by atoms with E-state index in [0.29, 0.717) is 0 Å². The third-order valence-corrected chi connectivity index (χ3v) is 5.10. The highest BCUT2D eigenvalue weighted by Crippen LogP contribution is 2.34. The molecule has 1 unspecified atom stereocenters. The number of anilines is 1. The fraction of sp³-hybridized carbons (Fsp3) is 0.500. The molecular formula is C20H28N4O. The molecule has 25 heavy (non-hydrogen) atoms. The van der Waals surface area contributed by atoms with Crippen molar-refractivity contribution in [3.8, 4) is 0 Å². The second-order valence-electron chi connectivity index (χ2n) is 7.64. The molecule has 2 heterocycles. The normalized spacial score (nSPS) is 20.8. The Labute approximate surface area is 150 Å². The van der Waals surface area contributed by atoms with E-state index in [1.807, 2.05) is 24.2 Å². The molecule has 1 atom stereocenters. The van der Waals surface area contributed by atoms with E-state index in [0.717, 1.165) is 37.3 Å². The van der Waals surface area contributed by atoms with Gasteiger partial charge in [0.25, 0.3) is 0 Å². The molecule has 1 aromatic carbocycles. The van der Waals surface area contributed by atoms with E-state index in [4.69, 9.17) is 0 Å². The summed E-state index contributed by atoms with van der Waals surface area (Å²) in [5.41, 5.74) is 3.05. The van der Waals surface area contributed by atoms with Crippen LogP contribution in [-0.4, -0.2) is 33.8 Å². The highest BCUT2D eigenvalue weighted by Gasteiger charge is 2.34. The first-order valence-corrected chi connectivity index (χ1v) is 9.04. The molecule has 5 nitrogen and oxygen atoms in total. The first-order chi connectivity index (χ1) is 11.9. The monoisotopic (exact) mass is 340 g/mol. The molecule has 1 aliphatic heterocycles. The standard InChI is InChI=1S/C20H28N4O/c1-15(2)18-17(13-23(4)22-18)21-19(25)24-12-8-11-20(3,14-24)16-9-6-5-7-10-16/h5-7,9-10,13,15H,8,11-12,14H2,1-4H3,(H,21,25). The molecule has 0 bridgehead atoms. The number of aryl methyl sites for hydroxylation is 1. The van der Waals surface area contributed by atoms with Gasteiger partial charge in [-0.15, -0.1) is 0 Å². The van der Waals surface area contributed by atoms with Gasteiger partial charge in [0.05, 0.1) is 11.4 Å². The summed E-state index contributed by atoms with van der Waals surface area (Å²) in [6.07, 6.45) is 4.00. The van der Waals surface area contributed by atoms with Crippen LogP contribution in [0.1, 0.15) is 50.8 Å². The molecule has 0 radical (unpaired) electrons. The van der Waals surface area contributed by atoms with Crippen LogP contribution in [0.5, 0.6) is 0 Å². The predicted octanol–water partition coefficient (Wildman–Crippen LogP) is 4.13. The molecule has 0 spiro atoms. The molecule has 1 aliphatic rings. The van der Waals surface area contributed by atoms with Gasteiger partial charge in [0, 0.05) is 31.7 Å². The Morgan fingerprint density at radius 1 is 1.28 bits per heavy atom. The molecule has 1 N–H and O–H groups in total. The van der Waals surface area contributed by atoms with Gasteiger partial charge < -0.3 is 10.2 Å². The molecule has 1 saturated heterocycles. The fourth-order valence-corrected chi connectivity index (χ4v) is 3.71. The maximum absolute atomic E-state index is 12.8. The smallest absolute Gasteiger partial charge is 0.321 e. The highest BCUT2D eigenvalue weighted by molar-refractivity contribution is 5.90. The Balaban J connectivity index is 1.75. The number of aromatic nitrogens is 2. The lowest BCUT2D eigenvalue weighted by atomic mass is 9.76. The van der Waals surface area contributed by atoms with Crippen LogP contribution >= 0.6 is 0 Å². The van der Waals surface area contributed by atoms with Crippen LogP contribution in [-0.2, 0) is 12.5 Å². The zero-order valence-electron chi connectivity index (χ0n) is 15.6. The quantitative estimate of drug-likeness (QED) is 0.913. The Hall–Kier alpha value is -2.30. The lowest BCUT2D eigenvalue weighted by Crippen LogP contribution is -2.48. The van der Waals surface area contributed by atoms with Crippen molar-refractivity contribution in [3.05, 3.63) is 47.8 Å². The topological polar surface area (TPSA) is 50.2 Å². The van der Waals surface area contributed by atoms with Crippen LogP contribution < -0.4 is 5.32 Å². The van der Waals surface area contributed by atoms with E-state index >= 15 is 0 Å². The van der Waals surface area contributed by atoms with Crippen molar-refractivity contribution in [1.29, 1.82) is 0 Å². The minimum absolute atomic E-state index is 0.00661. The number of benzene rings is 1. The number of urea groups is 1. The molecule has 0 saturated carbocycles. The summed E-state index contributed by atoms with van der Waals surface area (Å²) in [4.78, 5) is 14.8. The number of likely N-dealkylation sites (tertiary alicyclic amines) is 1. The second-order valence-corrected chi connectivity index (χ2v) is 7.64. The van der Waals surface area contributed by atoms with Crippen molar-refractivity contribution in [2.45, 2.75) is 44.9 Å². The summed E-state index contributed by atoms with van der Waals surface area (Å²) in [6.45, 7) is 7.97. The number of nitrogens with zero attached hydrogens (tertiary/aromatic N) is 3. The van der Waals surface area contributed by atoms with Gasteiger partial charge >= 0.3 is 6.03 Å². The highest BCUT2D eigenvalue weighted by atomic mass is 16.2. The van der Waals surface area contributed by atoms with Crippen LogP contribution in [0.15, 0.2) is 36.5 Å². The molecule has 2 aromatic rings. The number of nitrogens with one attached hydrogen (secondary N) is 1. The van der Waals surface area contributed by atoms with Crippen molar-refractivity contribution < 1.29 is 4.79 Å². The van der Waals surface area contributed by atoms with Crippen LogP contribution in [0.25, 0.3) is 0 Å². The van der Waals surface area contributed by atoms with E-state index in [9.17, 15) is 4.79 Å². The summed E-state index contributed by atoms with van der Waals surface area (Å²) in [7, 11) is 1.88. The van der Waals surface area contributed by atoms with E-state index in [-0.39, 0.29) is 17.4 Å². The molecule has 1 fully saturated rings. The van der Waals surface area contributed by atoms with E-state index in [1.165, 1.54) is 5.56 Å². The number of hydrogen-bond donors (Lipinski definition) is 1. The summed E-state index contributed by atoms with van der Waals surface area (Å²) >= 11 is 0. The molecule has 0 aliphatic carbocycles. The summed E-state index contributed by atoms with van der Waals surface area (Å²) in [5, 5.41) is 7.54. The third kappa shape index (κ3) is 3.70. The molecule has 2 amide bonds. The number of rotatable bonds is 3. The second kappa shape index (κ2) is 6.90. The van der Waals surface area contributed by atoms with Gasteiger partial charge in [0.15, 0.2) is 0 Å². The summed E-state index contributed by atoms with van der Waals surface area (Å²) in [5.74, 6) is 0.271. The van der Waals surface area contributed by atoms with E-state index in [2.05, 4.69) is 55.5 Å². The molecular weight excluding hydrogens is 312 g/mol. The average molecular weight is 340 g/mol.